The van der Waals surface area contributed by atoms with Crippen LogP contribution in [0.3, 0.4) is 0 Å². The molecule has 0 atom stereocenters. The van der Waals surface area contributed by atoms with Crippen molar-refractivity contribution in [3.05, 3.63) is 11.8 Å². The molecule has 0 aromatic heterocycles. The Morgan fingerprint density at radius 2 is 2.67 bits per heavy atom. The fraction of sp³-hybridized carbons (Fsp3) is 0.500. The molecule has 0 radical (unpaired) electrons. The largest absolute Gasteiger partial charge is 0.289 e. The van der Waals surface area contributed by atoms with Crippen LogP contribution in [0.15, 0.2) is 22.1 Å². The van der Waals surface area contributed by atoms with Crippen LogP contribution >= 0.6 is 0 Å². The molecular formula is C6H10N4O2. The van der Waals surface area contributed by atoms with E-state index in [-0.39, 0.29) is 6.42 Å². The minimum Gasteiger partial charge on any atom is -0.289 e. The van der Waals surface area contributed by atoms with Gasteiger partial charge in [-0.3, -0.25) is 15.0 Å². The van der Waals surface area contributed by atoms with E-state index in [0.29, 0.717) is 6.54 Å². The van der Waals surface area contributed by atoms with Gasteiger partial charge in [-0.15, -0.1) is 5.11 Å². The summed E-state index contributed by atoms with van der Waals surface area (Å²) >= 11 is 0. The van der Waals surface area contributed by atoms with E-state index in [9.17, 15) is 4.79 Å². The maximum atomic E-state index is 10.6. The summed E-state index contributed by atoms with van der Waals surface area (Å²) in [5.74, 6) is -0.452. The van der Waals surface area contributed by atoms with E-state index in [1.165, 1.54) is 5.48 Å². The van der Waals surface area contributed by atoms with Crippen LogP contribution in [0.5, 0.6) is 0 Å². The number of hydrogen-bond donors (Lipinski definition) is 2. The zero-order valence-corrected chi connectivity index (χ0v) is 6.69. The molecule has 1 amide bonds. The summed E-state index contributed by atoms with van der Waals surface area (Å²) < 4.78 is 0. The molecular weight excluding hydrogens is 160 g/mol. The van der Waals surface area contributed by atoms with Crippen molar-refractivity contribution in [1.82, 2.24) is 10.5 Å². The lowest BCUT2D eigenvalue weighted by atomic mass is 10.3. The molecule has 12 heavy (non-hydrogen) atoms. The molecule has 2 N–H and O–H groups in total. The van der Waals surface area contributed by atoms with Crippen LogP contribution in [0.2, 0.25) is 0 Å². The number of hydroxylamine groups is 1. The highest BCUT2D eigenvalue weighted by molar-refractivity contribution is 5.76. The summed E-state index contributed by atoms with van der Waals surface area (Å²) in [5.41, 5.74) is 2.27. The second kappa shape index (κ2) is 3.82. The zero-order chi connectivity index (χ0) is 8.97. The van der Waals surface area contributed by atoms with Crippen LogP contribution < -0.4 is 5.48 Å². The van der Waals surface area contributed by atoms with Gasteiger partial charge in [-0.2, -0.15) is 0 Å². The van der Waals surface area contributed by atoms with Crippen molar-refractivity contribution in [3.8, 4) is 0 Å². The Bertz CT molecular complexity index is 236. The number of likely N-dealkylation sites (N-methyl/N-ethyl adjacent to an activating group) is 1. The molecule has 0 spiro atoms. The zero-order valence-electron chi connectivity index (χ0n) is 6.69. The van der Waals surface area contributed by atoms with Gasteiger partial charge in [0.25, 0.3) is 0 Å². The van der Waals surface area contributed by atoms with Gasteiger partial charge in [-0.1, -0.05) is 5.22 Å². The van der Waals surface area contributed by atoms with Gasteiger partial charge >= 0.3 is 0 Å². The highest BCUT2D eigenvalue weighted by atomic mass is 16.5. The van der Waals surface area contributed by atoms with Crippen LogP contribution in [0.4, 0.5) is 0 Å². The molecule has 1 rings (SSSR count). The van der Waals surface area contributed by atoms with Gasteiger partial charge in [0.05, 0.1) is 12.2 Å². The first-order chi connectivity index (χ1) is 5.72. The molecule has 0 bridgehead atoms. The molecule has 0 fully saturated rings. The van der Waals surface area contributed by atoms with Gasteiger partial charge in [0.1, 0.15) is 0 Å². The van der Waals surface area contributed by atoms with Gasteiger partial charge in [0.2, 0.25) is 5.91 Å². The van der Waals surface area contributed by atoms with E-state index in [2.05, 4.69) is 10.3 Å². The van der Waals surface area contributed by atoms with Crippen LogP contribution in [-0.2, 0) is 4.79 Å². The standard InChI is InChI=1S/C6H10N4O2/c1-10-4-5(7-9-10)2-3-6(11)8-12/h2,12H,3-4H2,1H3,(H,8,11)/b5-2-. The van der Waals surface area contributed by atoms with E-state index in [1.807, 2.05) is 0 Å². The third-order valence-corrected chi connectivity index (χ3v) is 1.36. The summed E-state index contributed by atoms with van der Waals surface area (Å²) in [6.07, 6.45) is 1.75. The number of nitrogens with one attached hydrogen (secondary N) is 1. The van der Waals surface area contributed by atoms with Crippen molar-refractivity contribution < 1.29 is 10.0 Å². The van der Waals surface area contributed by atoms with Gasteiger partial charge < -0.3 is 0 Å². The summed E-state index contributed by atoms with van der Waals surface area (Å²) in [6, 6.07) is 0. The number of amides is 1. The molecule has 0 aliphatic carbocycles. The summed E-state index contributed by atoms with van der Waals surface area (Å²) in [6.45, 7) is 0.610. The second-order valence-electron chi connectivity index (χ2n) is 2.44. The molecule has 0 aromatic rings. The Hall–Kier alpha value is -1.43. The first-order valence-corrected chi connectivity index (χ1v) is 3.47. The van der Waals surface area contributed by atoms with E-state index in [4.69, 9.17) is 5.21 Å². The van der Waals surface area contributed by atoms with Crippen LogP contribution in [0.25, 0.3) is 0 Å². The molecule has 1 heterocycles. The lowest BCUT2D eigenvalue weighted by Gasteiger charge is -1.99. The second-order valence-corrected chi connectivity index (χ2v) is 2.44. The summed E-state index contributed by atoms with van der Waals surface area (Å²) in [7, 11) is 1.79. The van der Waals surface area contributed by atoms with Gasteiger partial charge in [-0.05, 0) is 6.08 Å². The fourth-order valence-corrected chi connectivity index (χ4v) is 0.793. The summed E-state index contributed by atoms with van der Waals surface area (Å²) in [5, 5.41) is 17.3. The molecule has 1 aliphatic heterocycles. The first-order valence-electron chi connectivity index (χ1n) is 3.47. The average Bonchev–Trinajstić information content (AvgIpc) is 2.47. The molecule has 0 unspecified atom stereocenters. The van der Waals surface area contributed by atoms with Crippen LogP contribution in [-0.4, -0.2) is 29.7 Å². The molecule has 0 saturated heterocycles. The predicted octanol–water partition coefficient (Wildman–Crippen LogP) is 0.0784. The minimum atomic E-state index is -0.452. The van der Waals surface area contributed by atoms with E-state index >= 15 is 0 Å². The molecule has 0 saturated carbocycles. The average molecular weight is 170 g/mol. The Balaban J connectivity index is 2.39. The van der Waals surface area contributed by atoms with Crippen molar-refractivity contribution >= 4 is 5.91 Å². The molecule has 6 nitrogen and oxygen atoms in total. The van der Waals surface area contributed by atoms with Crippen molar-refractivity contribution in [1.29, 1.82) is 0 Å². The van der Waals surface area contributed by atoms with E-state index < -0.39 is 5.91 Å². The van der Waals surface area contributed by atoms with Crippen LogP contribution in [0, 0.1) is 0 Å². The highest BCUT2D eigenvalue weighted by Crippen LogP contribution is 2.09. The summed E-state index contributed by atoms with van der Waals surface area (Å²) in [4.78, 5) is 10.6. The van der Waals surface area contributed by atoms with Crippen molar-refractivity contribution in [2.24, 2.45) is 10.3 Å². The first kappa shape index (κ1) is 8.66. The predicted molar refractivity (Wildman–Crippen MR) is 40.1 cm³/mol. The minimum absolute atomic E-state index is 0.124. The molecule has 6 heteroatoms. The Morgan fingerprint density at radius 1 is 1.92 bits per heavy atom. The normalized spacial score (nSPS) is 18.8. The van der Waals surface area contributed by atoms with Crippen molar-refractivity contribution in [2.75, 3.05) is 13.6 Å². The number of hydrogen-bond acceptors (Lipinski definition) is 5. The fourth-order valence-electron chi connectivity index (χ4n) is 0.793. The SMILES string of the molecule is CN1C/C(=C/CC(=O)NO)N=N1. The smallest absolute Gasteiger partial charge is 0.247 e. The molecule has 1 aliphatic rings. The molecule has 0 aromatic carbocycles. The van der Waals surface area contributed by atoms with E-state index in [0.717, 1.165) is 5.70 Å². The van der Waals surface area contributed by atoms with Gasteiger partial charge in [-0.25, -0.2) is 5.48 Å². The quantitative estimate of drug-likeness (QED) is 0.455. The highest BCUT2D eigenvalue weighted by Gasteiger charge is 2.07. The monoisotopic (exact) mass is 170 g/mol. The number of nitrogens with zero attached hydrogens (tertiary/aromatic N) is 3. The van der Waals surface area contributed by atoms with Crippen molar-refractivity contribution in [2.45, 2.75) is 6.42 Å². The van der Waals surface area contributed by atoms with Gasteiger partial charge in [0.15, 0.2) is 0 Å². The maximum Gasteiger partial charge on any atom is 0.247 e. The van der Waals surface area contributed by atoms with Gasteiger partial charge in [0, 0.05) is 13.5 Å². The Kier molecular flexibility index (Phi) is 2.76. The maximum absolute atomic E-state index is 10.6. The van der Waals surface area contributed by atoms with Crippen LogP contribution in [0.1, 0.15) is 6.42 Å². The Labute approximate surface area is 69.5 Å². The van der Waals surface area contributed by atoms with E-state index in [1.54, 1.807) is 18.1 Å². The number of rotatable bonds is 2. The topological polar surface area (TPSA) is 77.3 Å². The number of carbonyl (C=O) groups is 1. The lowest BCUT2D eigenvalue weighted by molar-refractivity contribution is -0.128. The number of carbonyl (C=O) groups excluding carboxylic acids is 1. The molecule has 66 valence electrons. The Morgan fingerprint density at radius 3 is 3.17 bits per heavy atom. The lowest BCUT2D eigenvalue weighted by Crippen LogP contribution is -2.17. The third-order valence-electron chi connectivity index (χ3n) is 1.36. The van der Waals surface area contributed by atoms with Crippen molar-refractivity contribution in [3.63, 3.8) is 0 Å². The third kappa shape index (κ3) is 2.31.